The number of aliphatic hydroxyl groups is 1. The fourth-order valence-electron chi connectivity index (χ4n) is 3.08. The van der Waals surface area contributed by atoms with E-state index in [1.165, 1.54) is 5.56 Å². The van der Waals surface area contributed by atoms with Crippen LogP contribution in [0, 0.1) is 0 Å². The van der Waals surface area contributed by atoms with Crippen LogP contribution < -0.4 is 10.6 Å². The molecule has 0 aromatic heterocycles. The Morgan fingerprint density at radius 1 is 1.00 bits per heavy atom. The number of hydrogen-bond donors (Lipinski definition) is 3. The molecular weight excluding hydrogens is 388 g/mol. The van der Waals surface area contributed by atoms with Crippen molar-refractivity contribution in [3.05, 3.63) is 102 Å². The van der Waals surface area contributed by atoms with Crippen LogP contribution in [0.4, 0.5) is 17.1 Å². The molecule has 0 spiro atoms. The standard InChI is InChI=1S/C26H28N2O3/c1-19(2)26(30)31-18-24(29)17-27-25-14-13-23(28-22-11-7-4-8-12-22)16-21(25)15-20-9-5-3-6-10-20/h3-14,16,24,27-29H,1,15,17-18H2,2H3. The van der Waals surface area contributed by atoms with E-state index in [0.29, 0.717) is 5.57 Å². The Labute approximate surface area is 183 Å². The van der Waals surface area contributed by atoms with Crippen molar-refractivity contribution in [2.75, 3.05) is 23.8 Å². The zero-order valence-electron chi connectivity index (χ0n) is 17.7. The van der Waals surface area contributed by atoms with Crippen LogP contribution in [0.3, 0.4) is 0 Å². The van der Waals surface area contributed by atoms with Crippen LogP contribution in [0.1, 0.15) is 18.1 Å². The number of ether oxygens (including phenoxy) is 1. The van der Waals surface area contributed by atoms with Crippen LogP contribution in [-0.2, 0) is 16.0 Å². The van der Waals surface area contributed by atoms with Crippen molar-refractivity contribution in [1.82, 2.24) is 0 Å². The second-order valence-electron chi connectivity index (χ2n) is 7.44. The number of hydrogen-bond acceptors (Lipinski definition) is 5. The maximum Gasteiger partial charge on any atom is 0.333 e. The maximum absolute atomic E-state index is 11.5. The SMILES string of the molecule is C=C(C)C(=O)OCC(O)CNc1ccc(Nc2ccccc2)cc1Cc1ccccc1. The normalized spacial score (nSPS) is 11.4. The van der Waals surface area contributed by atoms with Gasteiger partial charge in [-0.15, -0.1) is 0 Å². The Kier molecular flexibility index (Phi) is 7.85. The van der Waals surface area contributed by atoms with Crippen LogP contribution in [-0.4, -0.2) is 30.3 Å². The minimum absolute atomic E-state index is 0.0830. The molecule has 3 aromatic carbocycles. The topological polar surface area (TPSA) is 70.6 Å². The molecule has 0 saturated heterocycles. The summed E-state index contributed by atoms with van der Waals surface area (Å²) >= 11 is 0. The van der Waals surface area contributed by atoms with Crippen molar-refractivity contribution in [2.24, 2.45) is 0 Å². The van der Waals surface area contributed by atoms with Gasteiger partial charge >= 0.3 is 5.97 Å². The molecule has 0 amide bonds. The number of rotatable bonds is 10. The van der Waals surface area contributed by atoms with E-state index in [1.54, 1.807) is 6.92 Å². The molecule has 5 heteroatoms. The van der Waals surface area contributed by atoms with Gasteiger partial charge in [0.15, 0.2) is 0 Å². The number of carbonyl (C=O) groups excluding carboxylic acids is 1. The number of benzene rings is 3. The second kappa shape index (κ2) is 11.0. The van der Waals surface area contributed by atoms with Gasteiger partial charge in [-0.3, -0.25) is 0 Å². The predicted octanol–water partition coefficient (Wildman–Crippen LogP) is 4.91. The third kappa shape index (κ3) is 7.01. The molecule has 0 heterocycles. The van der Waals surface area contributed by atoms with Crippen LogP contribution in [0.25, 0.3) is 0 Å². The van der Waals surface area contributed by atoms with E-state index in [-0.39, 0.29) is 13.2 Å². The van der Waals surface area contributed by atoms with Gasteiger partial charge in [-0.2, -0.15) is 0 Å². The minimum Gasteiger partial charge on any atom is -0.460 e. The molecule has 0 radical (unpaired) electrons. The molecule has 0 saturated carbocycles. The largest absolute Gasteiger partial charge is 0.460 e. The quantitative estimate of drug-likeness (QED) is 0.323. The monoisotopic (exact) mass is 416 g/mol. The third-order valence-corrected chi connectivity index (χ3v) is 4.69. The molecule has 0 aliphatic rings. The molecule has 1 atom stereocenters. The molecule has 0 fully saturated rings. The summed E-state index contributed by atoms with van der Waals surface area (Å²) in [6.45, 7) is 5.29. The molecule has 5 nitrogen and oxygen atoms in total. The fraction of sp³-hybridized carbons (Fsp3) is 0.192. The van der Waals surface area contributed by atoms with E-state index >= 15 is 0 Å². The lowest BCUT2D eigenvalue weighted by Gasteiger charge is -2.17. The van der Waals surface area contributed by atoms with Crippen molar-refractivity contribution in [3.63, 3.8) is 0 Å². The zero-order chi connectivity index (χ0) is 22.1. The first-order valence-electron chi connectivity index (χ1n) is 10.2. The maximum atomic E-state index is 11.5. The first-order valence-corrected chi connectivity index (χ1v) is 10.2. The van der Waals surface area contributed by atoms with Crippen LogP contribution in [0.15, 0.2) is 91.0 Å². The van der Waals surface area contributed by atoms with Gasteiger partial charge in [0, 0.05) is 29.2 Å². The Hall–Kier alpha value is -3.57. The summed E-state index contributed by atoms with van der Waals surface area (Å²) in [6.07, 6.45) is -0.0798. The van der Waals surface area contributed by atoms with Gasteiger partial charge in [-0.25, -0.2) is 4.79 Å². The van der Waals surface area contributed by atoms with Crippen LogP contribution in [0.2, 0.25) is 0 Å². The summed E-state index contributed by atoms with van der Waals surface area (Å²) in [5, 5.41) is 16.9. The molecule has 1 unspecified atom stereocenters. The molecular formula is C26H28N2O3. The molecule has 160 valence electrons. The number of esters is 1. The van der Waals surface area contributed by atoms with E-state index in [1.807, 2.05) is 60.7 Å². The van der Waals surface area contributed by atoms with Crippen LogP contribution >= 0.6 is 0 Å². The highest BCUT2D eigenvalue weighted by atomic mass is 16.5. The summed E-state index contributed by atoms with van der Waals surface area (Å²) < 4.78 is 5.03. The van der Waals surface area contributed by atoms with E-state index < -0.39 is 12.1 Å². The van der Waals surface area contributed by atoms with Crippen molar-refractivity contribution >= 4 is 23.0 Å². The lowest BCUT2D eigenvalue weighted by Crippen LogP contribution is -2.26. The highest BCUT2D eigenvalue weighted by Crippen LogP contribution is 2.26. The Morgan fingerprint density at radius 2 is 1.68 bits per heavy atom. The summed E-state index contributed by atoms with van der Waals surface area (Å²) in [6, 6.07) is 26.3. The average molecular weight is 417 g/mol. The van der Waals surface area contributed by atoms with Crippen molar-refractivity contribution < 1.29 is 14.6 Å². The zero-order valence-corrected chi connectivity index (χ0v) is 17.7. The highest BCUT2D eigenvalue weighted by Gasteiger charge is 2.11. The van der Waals surface area contributed by atoms with Gasteiger partial charge in [-0.1, -0.05) is 55.1 Å². The number of nitrogens with one attached hydrogen (secondary N) is 2. The van der Waals surface area contributed by atoms with Gasteiger partial charge < -0.3 is 20.5 Å². The lowest BCUT2D eigenvalue weighted by atomic mass is 10.0. The highest BCUT2D eigenvalue weighted by molar-refractivity contribution is 5.86. The minimum atomic E-state index is -0.824. The molecule has 3 rings (SSSR count). The summed E-state index contributed by atoms with van der Waals surface area (Å²) in [5.41, 5.74) is 5.53. The number of aliphatic hydroxyl groups excluding tert-OH is 1. The molecule has 31 heavy (non-hydrogen) atoms. The second-order valence-corrected chi connectivity index (χ2v) is 7.44. The van der Waals surface area contributed by atoms with E-state index in [4.69, 9.17) is 4.74 Å². The average Bonchev–Trinajstić information content (AvgIpc) is 2.78. The van der Waals surface area contributed by atoms with Gasteiger partial charge in [0.05, 0.1) is 0 Å². The lowest BCUT2D eigenvalue weighted by molar-refractivity contribution is -0.141. The Bertz CT molecular complexity index is 1000. The third-order valence-electron chi connectivity index (χ3n) is 4.69. The van der Waals surface area contributed by atoms with Crippen molar-refractivity contribution in [2.45, 2.75) is 19.4 Å². The number of para-hydroxylation sites is 1. The first-order chi connectivity index (χ1) is 15.0. The Balaban J connectivity index is 1.71. The van der Waals surface area contributed by atoms with Gasteiger partial charge in [0.1, 0.15) is 12.7 Å². The molecule has 3 aromatic rings. The molecule has 0 aliphatic carbocycles. The molecule has 3 N–H and O–H groups in total. The summed E-state index contributed by atoms with van der Waals surface area (Å²) in [5.74, 6) is -0.500. The van der Waals surface area contributed by atoms with Gasteiger partial charge in [0.2, 0.25) is 0 Å². The van der Waals surface area contributed by atoms with Gasteiger partial charge in [0.25, 0.3) is 0 Å². The summed E-state index contributed by atoms with van der Waals surface area (Å²) in [7, 11) is 0. The van der Waals surface area contributed by atoms with Crippen LogP contribution in [0.5, 0.6) is 0 Å². The van der Waals surface area contributed by atoms with E-state index in [0.717, 1.165) is 29.0 Å². The summed E-state index contributed by atoms with van der Waals surface area (Å²) in [4.78, 5) is 11.5. The number of carbonyl (C=O) groups is 1. The Morgan fingerprint density at radius 3 is 2.35 bits per heavy atom. The van der Waals surface area contributed by atoms with Gasteiger partial charge in [-0.05, 0) is 54.8 Å². The first kappa shape index (κ1) is 22.1. The van der Waals surface area contributed by atoms with Crippen molar-refractivity contribution in [3.8, 4) is 0 Å². The predicted molar refractivity (Wildman–Crippen MR) is 126 cm³/mol. The number of anilines is 3. The van der Waals surface area contributed by atoms with E-state index in [9.17, 15) is 9.90 Å². The fourth-order valence-corrected chi connectivity index (χ4v) is 3.08. The smallest absolute Gasteiger partial charge is 0.333 e. The molecule has 0 aliphatic heterocycles. The molecule has 0 bridgehead atoms. The van der Waals surface area contributed by atoms with E-state index in [2.05, 4.69) is 35.4 Å². The van der Waals surface area contributed by atoms with Crippen molar-refractivity contribution in [1.29, 1.82) is 0 Å².